The molecular formula is C37H54O5. The fourth-order valence-corrected chi connectivity index (χ4v) is 11.2. The predicted octanol–water partition coefficient (Wildman–Crippen LogP) is 8.00. The van der Waals surface area contributed by atoms with E-state index in [1.807, 2.05) is 0 Å². The second kappa shape index (κ2) is 12.0. The van der Waals surface area contributed by atoms with E-state index in [0.717, 1.165) is 74.7 Å². The van der Waals surface area contributed by atoms with Gasteiger partial charge >= 0.3 is 5.97 Å². The van der Waals surface area contributed by atoms with Gasteiger partial charge in [0.05, 0.1) is 19.8 Å². The Bertz CT molecular complexity index is 1100. The fraction of sp³-hybridized carbons (Fsp3) is 0.811. The maximum atomic E-state index is 12.6. The van der Waals surface area contributed by atoms with Crippen LogP contribution in [-0.4, -0.2) is 37.0 Å². The van der Waals surface area contributed by atoms with Gasteiger partial charge in [-0.25, -0.2) is 0 Å². The van der Waals surface area contributed by atoms with E-state index in [1.165, 1.54) is 62.5 Å². The van der Waals surface area contributed by atoms with Gasteiger partial charge in [0.25, 0.3) is 0 Å². The Hall–Kier alpha value is -1.75. The quantitative estimate of drug-likeness (QED) is 0.213. The number of fused-ring (bicyclic) bond motifs is 5. The highest BCUT2D eigenvalue weighted by Gasteiger charge is 2.54. The van der Waals surface area contributed by atoms with Crippen LogP contribution in [-0.2, 0) is 16.0 Å². The fourth-order valence-electron chi connectivity index (χ4n) is 11.2. The van der Waals surface area contributed by atoms with E-state index in [1.54, 1.807) is 7.11 Å². The van der Waals surface area contributed by atoms with Gasteiger partial charge in [0.1, 0.15) is 6.10 Å². The summed E-state index contributed by atoms with van der Waals surface area (Å²) in [6.45, 7) is 3.05. The molecule has 0 aromatic heterocycles. The minimum atomic E-state index is -0.122. The number of carbonyl (C=O) groups is 1. The number of ether oxygens (including phenoxy) is 3. The molecule has 0 saturated heterocycles. The van der Waals surface area contributed by atoms with Crippen molar-refractivity contribution in [1.82, 2.24) is 0 Å². The number of carbonyl (C=O) groups excluding carboxylic acids is 1. The molecule has 0 amide bonds. The van der Waals surface area contributed by atoms with Crippen LogP contribution in [0.15, 0.2) is 12.1 Å². The highest BCUT2D eigenvalue weighted by atomic mass is 16.5. The Kier molecular flexibility index (Phi) is 8.26. The minimum absolute atomic E-state index is 0.0460. The summed E-state index contributed by atoms with van der Waals surface area (Å²) in [5, 5.41) is 10.7. The Morgan fingerprint density at radius 3 is 2.40 bits per heavy atom. The first-order valence-electron chi connectivity index (χ1n) is 17.6. The van der Waals surface area contributed by atoms with Gasteiger partial charge in [-0.1, -0.05) is 26.2 Å². The molecule has 0 radical (unpaired) electrons. The van der Waals surface area contributed by atoms with E-state index < -0.39 is 0 Å². The molecule has 232 valence electrons. The van der Waals surface area contributed by atoms with E-state index in [9.17, 15) is 9.90 Å². The molecule has 5 heteroatoms. The summed E-state index contributed by atoms with van der Waals surface area (Å²) < 4.78 is 18.2. The smallest absolute Gasteiger partial charge is 0.306 e. The number of benzene rings is 1. The van der Waals surface area contributed by atoms with Crippen LogP contribution in [0.3, 0.4) is 0 Å². The number of aryl methyl sites for hydroxylation is 1. The molecule has 1 N–H and O–H groups in total. The number of hydrogen-bond donors (Lipinski definition) is 1. The molecule has 7 aliphatic carbocycles. The van der Waals surface area contributed by atoms with Crippen LogP contribution >= 0.6 is 0 Å². The molecule has 8 rings (SSSR count). The number of aliphatic hydroxyl groups excluding tert-OH is 1. The lowest BCUT2D eigenvalue weighted by molar-refractivity contribution is -0.170. The van der Waals surface area contributed by atoms with Gasteiger partial charge in [-0.3, -0.25) is 4.79 Å². The van der Waals surface area contributed by atoms with Gasteiger partial charge in [-0.15, -0.1) is 0 Å². The number of unbranched alkanes of at least 4 members (excludes halogenated alkanes) is 4. The summed E-state index contributed by atoms with van der Waals surface area (Å²) in [6.07, 6.45) is 19.4. The normalized spacial score (nSPS) is 39.4. The first-order valence-corrected chi connectivity index (χ1v) is 17.6. The molecule has 1 aromatic carbocycles. The molecule has 5 nitrogen and oxygen atoms in total. The van der Waals surface area contributed by atoms with Crippen LogP contribution in [0, 0.1) is 40.9 Å². The average molecular weight is 579 g/mol. The van der Waals surface area contributed by atoms with Crippen LogP contribution in [0.25, 0.3) is 0 Å². The van der Waals surface area contributed by atoms with Gasteiger partial charge in [-0.05, 0) is 154 Å². The second-order valence-electron chi connectivity index (χ2n) is 15.5. The largest absolute Gasteiger partial charge is 0.493 e. The molecule has 6 saturated carbocycles. The standard InChI is InChI=1S/C37H54O5/c1-37-14-13-28-29(31(37)11-12-34(37)38)10-9-25-21-33(32(40-2)22-30(25)28)41-15-7-5-3-4-6-8-35(39)42-36-26-17-23-16-24(19-26)20-27(36)18-23/h21-24,26-29,31,34,36,38H,3-20H2,1-2H3/t23?,24?,26?,27?,28-,29+,31-,34-,36?,37-/m0/s1. The molecule has 6 fully saturated rings. The first kappa shape index (κ1) is 29.0. The molecule has 0 heterocycles. The van der Waals surface area contributed by atoms with E-state index in [0.29, 0.717) is 42.6 Å². The van der Waals surface area contributed by atoms with Crippen molar-refractivity contribution in [1.29, 1.82) is 0 Å². The highest BCUT2D eigenvalue weighted by Crippen LogP contribution is 2.61. The van der Waals surface area contributed by atoms with E-state index in [-0.39, 0.29) is 23.6 Å². The van der Waals surface area contributed by atoms with Gasteiger partial charge in [-0.2, -0.15) is 0 Å². The van der Waals surface area contributed by atoms with Crippen LogP contribution in [0.5, 0.6) is 11.5 Å². The summed E-state index contributed by atoms with van der Waals surface area (Å²) in [5.74, 6) is 6.87. The van der Waals surface area contributed by atoms with Crippen molar-refractivity contribution >= 4 is 5.97 Å². The molecule has 5 atom stereocenters. The molecule has 0 aliphatic heterocycles. The van der Waals surface area contributed by atoms with Gasteiger partial charge in [0, 0.05) is 6.42 Å². The number of methoxy groups -OCH3 is 1. The van der Waals surface area contributed by atoms with Gasteiger partial charge in [0.2, 0.25) is 0 Å². The molecule has 4 bridgehead atoms. The zero-order chi connectivity index (χ0) is 28.8. The van der Waals surface area contributed by atoms with Crippen LogP contribution in [0.1, 0.15) is 127 Å². The van der Waals surface area contributed by atoms with Crippen molar-refractivity contribution in [3.63, 3.8) is 0 Å². The third kappa shape index (κ3) is 5.39. The van der Waals surface area contributed by atoms with Crippen LogP contribution in [0.4, 0.5) is 0 Å². The van der Waals surface area contributed by atoms with Crippen molar-refractivity contribution in [2.45, 2.75) is 134 Å². The Balaban J connectivity index is 0.828. The Morgan fingerprint density at radius 2 is 1.64 bits per heavy atom. The number of hydrogen-bond acceptors (Lipinski definition) is 5. The highest BCUT2D eigenvalue weighted by molar-refractivity contribution is 5.69. The molecule has 42 heavy (non-hydrogen) atoms. The summed E-state index contributed by atoms with van der Waals surface area (Å²) in [5.41, 5.74) is 3.03. The van der Waals surface area contributed by atoms with E-state index >= 15 is 0 Å². The monoisotopic (exact) mass is 578 g/mol. The zero-order valence-corrected chi connectivity index (χ0v) is 26.2. The summed E-state index contributed by atoms with van der Waals surface area (Å²) >= 11 is 0. The summed E-state index contributed by atoms with van der Waals surface area (Å²) in [4.78, 5) is 12.6. The molecular weight excluding hydrogens is 524 g/mol. The Morgan fingerprint density at radius 1 is 0.905 bits per heavy atom. The molecule has 1 aromatic rings. The van der Waals surface area contributed by atoms with Crippen LogP contribution < -0.4 is 9.47 Å². The summed E-state index contributed by atoms with van der Waals surface area (Å²) in [7, 11) is 1.76. The maximum Gasteiger partial charge on any atom is 0.306 e. The number of aliphatic hydroxyl groups is 1. The zero-order valence-electron chi connectivity index (χ0n) is 26.2. The Labute approximate surface area is 253 Å². The van der Waals surface area contributed by atoms with Crippen molar-refractivity contribution in [3.05, 3.63) is 23.3 Å². The topological polar surface area (TPSA) is 65.0 Å². The number of esters is 1. The minimum Gasteiger partial charge on any atom is -0.493 e. The lowest BCUT2D eigenvalue weighted by Crippen LogP contribution is -2.50. The maximum absolute atomic E-state index is 12.6. The molecule has 0 unspecified atom stereocenters. The van der Waals surface area contributed by atoms with Gasteiger partial charge in [0.15, 0.2) is 11.5 Å². The van der Waals surface area contributed by atoms with E-state index in [4.69, 9.17) is 14.2 Å². The first-order chi connectivity index (χ1) is 20.4. The SMILES string of the molecule is COc1cc2c(cc1OCCCCCCCC(=O)OC1C3CC4CC(C3)CC1C4)CC[C@@H]1[C@@H]2CC[C@]2(C)[C@@H](O)CC[C@@H]12. The van der Waals surface area contributed by atoms with E-state index in [2.05, 4.69) is 19.1 Å². The van der Waals surface area contributed by atoms with Crippen molar-refractivity contribution < 1.29 is 24.1 Å². The number of rotatable bonds is 11. The molecule has 7 aliphatic rings. The van der Waals surface area contributed by atoms with Crippen molar-refractivity contribution in [2.24, 2.45) is 40.9 Å². The molecule has 0 spiro atoms. The third-order valence-corrected chi connectivity index (χ3v) is 13.1. The summed E-state index contributed by atoms with van der Waals surface area (Å²) in [6, 6.07) is 4.54. The average Bonchev–Trinajstić information content (AvgIpc) is 3.29. The van der Waals surface area contributed by atoms with Gasteiger partial charge < -0.3 is 19.3 Å². The van der Waals surface area contributed by atoms with Crippen molar-refractivity contribution in [3.8, 4) is 11.5 Å². The lowest BCUT2D eigenvalue weighted by Gasteiger charge is -2.53. The van der Waals surface area contributed by atoms with Crippen molar-refractivity contribution in [2.75, 3.05) is 13.7 Å². The predicted molar refractivity (Wildman–Crippen MR) is 164 cm³/mol. The van der Waals surface area contributed by atoms with Crippen LogP contribution in [0.2, 0.25) is 0 Å². The third-order valence-electron chi connectivity index (χ3n) is 13.1. The second-order valence-corrected chi connectivity index (χ2v) is 15.5. The lowest BCUT2D eigenvalue weighted by atomic mass is 9.55.